The molecule has 2 aromatic rings. The third-order valence-corrected chi connectivity index (χ3v) is 6.78. The van der Waals surface area contributed by atoms with Gasteiger partial charge in [-0.25, -0.2) is 8.42 Å². The van der Waals surface area contributed by atoms with Crippen molar-refractivity contribution in [2.45, 2.75) is 11.8 Å². The molecule has 1 aliphatic heterocycles. The van der Waals surface area contributed by atoms with E-state index < -0.39 is 20.9 Å². The molecule has 0 aromatic heterocycles. The number of sulfonamides is 1. The predicted octanol–water partition coefficient (Wildman–Crippen LogP) is 2.09. The third-order valence-electron chi connectivity index (χ3n) is 4.87. The van der Waals surface area contributed by atoms with Crippen LogP contribution in [0.3, 0.4) is 0 Å². The molecule has 0 bridgehead atoms. The zero-order valence-electron chi connectivity index (χ0n) is 16.2. The van der Waals surface area contributed by atoms with Crippen LogP contribution in [0.2, 0.25) is 0 Å². The number of carbonyl (C=O) groups excluding carboxylic acids is 1. The molecule has 1 saturated heterocycles. The lowest BCUT2D eigenvalue weighted by Gasteiger charge is -2.31. The average molecular weight is 418 g/mol. The maximum Gasteiger partial charge on any atom is 0.272 e. The highest BCUT2D eigenvalue weighted by Crippen LogP contribution is 2.22. The van der Waals surface area contributed by atoms with Crippen molar-refractivity contribution in [1.82, 2.24) is 9.21 Å². The number of nitrogens with one attached hydrogen (secondary N) is 1. The number of amides is 1. The Labute approximate surface area is 169 Å². The first-order chi connectivity index (χ1) is 13.7. The maximum atomic E-state index is 12.7. The van der Waals surface area contributed by atoms with E-state index in [1.807, 2.05) is 7.05 Å². The lowest BCUT2D eigenvalue weighted by Crippen LogP contribution is -2.46. The minimum Gasteiger partial charge on any atom is -0.322 e. The van der Waals surface area contributed by atoms with Crippen LogP contribution in [0, 0.1) is 17.0 Å². The number of rotatable bonds is 5. The van der Waals surface area contributed by atoms with Crippen LogP contribution in [-0.4, -0.2) is 61.7 Å². The van der Waals surface area contributed by atoms with Gasteiger partial charge in [-0.05, 0) is 50.4 Å². The molecule has 1 heterocycles. The van der Waals surface area contributed by atoms with Crippen molar-refractivity contribution in [3.8, 4) is 0 Å². The number of carbonyl (C=O) groups is 1. The second kappa shape index (κ2) is 8.27. The molecule has 1 fully saturated rings. The van der Waals surface area contributed by atoms with Gasteiger partial charge in [0.15, 0.2) is 0 Å². The summed E-state index contributed by atoms with van der Waals surface area (Å²) in [4.78, 5) is 25.0. The van der Waals surface area contributed by atoms with Gasteiger partial charge in [-0.2, -0.15) is 4.31 Å². The summed E-state index contributed by atoms with van der Waals surface area (Å²) in [7, 11) is -1.62. The van der Waals surface area contributed by atoms with Crippen LogP contribution in [0.4, 0.5) is 11.4 Å². The third kappa shape index (κ3) is 4.61. The summed E-state index contributed by atoms with van der Waals surface area (Å²) in [5.74, 6) is -0.433. The van der Waals surface area contributed by atoms with Gasteiger partial charge in [0.2, 0.25) is 10.0 Å². The van der Waals surface area contributed by atoms with Gasteiger partial charge in [0, 0.05) is 49.1 Å². The number of nitro benzene ring substituents is 1. The van der Waals surface area contributed by atoms with E-state index in [1.165, 1.54) is 46.8 Å². The van der Waals surface area contributed by atoms with E-state index >= 15 is 0 Å². The topological polar surface area (TPSA) is 113 Å². The molecule has 0 atom stereocenters. The van der Waals surface area contributed by atoms with Crippen LogP contribution in [0.1, 0.15) is 15.9 Å². The first-order valence-electron chi connectivity index (χ1n) is 9.03. The number of nitrogens with zero attached hydrogens (tertiary/aromatic N) is 3. The minimum atomic E-state index is -3.57. The molecule has 2 aromatic carbocycles. The molecule has 10 heteroatoms. The highest BCUT2D eigenvalue weighted by molar-refractivity contribution is 7.89. The van der Waals surface area contributed by atoms with E-state index in [-0.39, 0.29) is 16.1 Å². The molecule has 0 saturated carbocycles. The zero-order chi connectivity index (χ0) is 21.2. The number of benzene rings is 2. The highest BCUT2D eigenvalue weighted by atomic mass is 32.2. The molecule has 154 valence electrons. The molecule has 0 spiro atoms. The molecule has 0 unspecified atom stereocenters. The van der Waals surface area contributed by atoms with Gasteiger partial charge in [0.25, 0.3) is 11.6 Å². The molecule has 1 N–H and O–H groups in total. The summed E-state index contributed by atoms with van der Waals surface area (Å²) < 4.78 is 26.9. The van der Waals surface area contributed by atoms with Crippen molar-refractivity contribution in [2.75, 3.05) is 38.5 Å². The van der Waals surface area contributed by atoms with Gasteiger partial charge in [0.1, 0.15) is 0 Å². The minimum absolute atomic E-state index is 0.0555. The average Bonchev–Trinajstić information content (AvgIpc) is 2.68. The number of hydrogen-bond acceptors (Lipinski definition) is 6. The van der Waals surface area contributed by atoms with Crippen LogP contribution in [-0.2, 0) is 10.0 Å². The Morgan fingerprint density at radius 2 is 1.69 bits per heavy atom. The van der Waals surface area contributed by atoms with Crippen molar-refractivity contribution in [1.29, 1.82) is 0 Å². The Balaban J connectivity index is 1.71. The first kappa shape index (κ1) is 20.9. The fraction of sp³-hybridized carbons (Fsp3) is 0.316. The van der Waals surface area contributed by atoms with E-state index in [2.05, 4.69) is 10.2 Å². The van der Waals surface area contributed by atoms with Gasteiger partial charge in [-0.1, -0.05) is 0 Å². The van der Waals surface area contributed by atoms with Gasteiger partial charge >= 0.3 is 0 Å². The van der Waals surface area contributed by atoms with Crippen molar-refractivity contribution < 1.29 is 18.1 Å². The largest absolute Gasteiger partial charge is 0.322 e. The Hall–Kier alpha value is -2.82. The summed E-state index contributed by atoms with van der Waals surface area (Å²) in [6.07, 6.45) is 0. The lowest BCUT2D eigenvalue weighted by molar-refractivity contribution is -0.385. The van der Waals surface area contributed by atoms with E-state index in [9.17, 15) is 23.3 Å². The molecular formula is C19H22N4O5S. The fourth-order valence-electron chi connectivity index (χ4n) is 3.09. The Kier molecular flexibility index (Phi) is 5.96. The molecule has 3 rings (SSSR count). The van der Waals surface area contributed by atoms with E-state index in [0.29, 0.717) is 37.4 Å². The van der Waals surface area contributed by atoms with Crippen LogP contribution >= 0.6 is 0 Å². The molecule has 1 aliphatic rings. The summed E-state index contributed by atoms with van der Waals surface area (Å²) in [5, 5.41) is 13.6. The van der Waals surface area contributed by atoms with E-state index in [0.717, 1.165) is 0 Å². The van der Waals surface area contributed by atoms with Crippen LogP contribution < -0.4 is 5.32 Å². The van der Waals surface area contributed by atoms with Gasteiger partial charge in [-0.15, -0.1) is 0 Å². The molecule has 0 radical (unpaired) electrons. The Morgan fingerprint density at radius 3 is 2.24 bits per heavy atom. The van der Waals surface area contributed by atoms with Crippen LogP contribution in [0.5, 0.6) is 0 Å². The van der Waals surface area contributed by atoms with Crippen LogP contribution in [0.15, 0.2) is 47.4 Å². The fourth-order valence-corrected chi connectivity index (χ4v) is 4.51. The number of likely N-dealkylation sites (N-methyl/N-ethyl adjacent to an activating group) is 1. The smallest absolute Gasteiger partial charge is 0.272 e. The maximum absolute atomic E-state index is 12.7. The van der Waals surface area contributed by atoms with Crippen LogP contribution in [0.25, 0.3) is 0 Å². The monoisotopic (exact) mass is 418 g/mol. The molecular weight excluding hydrogens is 396 g/mol. The lowest BCUT2D eigenvalue weighted by atomic mass is 10.1. The zero-order valence-corrected chi connectivity index (χ0v) is 17.0. The molecule has 0 aliphatic carbocycles. The summed E-state index contributed by atoms with van der Waals surface area (Å²) in [6, 6.07) is 10.1. The molecule has 9 nitrogen and oxygen atoms in total. The number of aryl methyl sites for hydroxylation is 1. The second-order valence-electron chi connectivity index (χ2n) is 6.94. The predicted molar refractivity (Wildman–Crippen MR) is 108 cm³/mol. The van der Waals surface area contributed by atoms with Gasteiger partial charge < -0.3 is 10.2 Å². The number of anilines is 1. The number of nitro groups is 1. The normalized spacial score (nSPS) is 15.8. The van der Waals surface area contributed by atoms with Gasteiger partial charge in [-0.3, -0.25) is 14.9 Å². The Bertz CT molecular complexity index is 1030. The number of piperazine rings is 1. The Morgan fingerprint density at radius 1 is 1.07 bits per heavy atom. The van der Waals surface area contributed by atoms with Crippen molar-refractivity contribution >= 4 is 27.3 Å². The van der Waals surface area contributed by atoms with Crippen molar-refractivity contribution in [3.05, 3.63) is 63.7 Å². The summed E-state index contributed by atoms with van der Waals surface area (Å²) in [6.45, 7) is 3.81. The van der Waals surface area contributed by atoms with Crippen molar-refractivity contribution in [3.63, 3.8) is 0 Å². The first-order valence-corrected chi connectivity index (χ1v) is 10.5. The summed E-state index contributed by atoms with van der Waals surface area (Å²) >= 11 is 0. The summed E-state index contributed by atoms with van der Waals surface area (Å²) in [5.41, 5.74) is 1.04. The second-order valence-corrected chi connectivity index (χ2v) is 8.88. The number of hydrogen-bond donors (Lipinski definition) is 1. The highest BCUT2D eigenvalue weighted by Gasteiger charge is 2.27. The van der Waals surface area contributed by atoms with E-state index in [1.54, 1.807) is 6.92 Å². The molecule has 1 amide bonds. The SMILES string of the molecule is Cc1cc(C(=O)Nc2ccc(S(=O)(=O)N3CCN(C)CC3)cc2)ccc1[N+](=O)[O-]. The standard InChI is InChI=1S/C19H22N4O5S/c1-14-13-15(3-8-18(14)23(25)26)19(24)20-16-4-6-17(7-5-16)29(27,28)22-11-9-21(2)10-12-22/h3-8,13H,9-12H2,1-2H3,(H,20,24). The van der Waals surface area contributed by atoms with Gasteiger partial charge in [0.05, 0.1) is 9.82 Å². The molecule has 29 heavy (non-hydrogen) atoms. The van der Waals surface area contributed by atoms with E-state index in [4.69, 9.17) is 0 Å². The quantitative estimate of drug-likeness (QED) is 0.588. The van der Waals surface area contributed by atoms with Crippen molar-refractivity contribution in [2.24, 2.45) is 0 Å².